The van der Waals surface area contributed by atoms with Crippen molar-refractivity contribution in [2.45, 2.75) is 38.8 Å². The van der Waals surface area contributed by atoms with E-state index in [0.29, 0.717) is 50.5 Å². The Morgan fingerprint density at radius 3 is 2.49 bits per heavy atom. The molecule has 0 unspecified atom stereocenters. The second kappa shape index (κ2) is 14.9. The summed E-state index contributed by atoms with van der Waals surface area (Å²) in [5.41, 5.74) is -0.860. The zero-order valence-electron chi connectivity index (χ0n) is 21.6. The third kappa shape index (κ3) is 10.6. The van der Waals surface area contributed by atoms with Crippen molar-refractivity contribution in [2.75, 3.05) is 33.2 Å². The van der Waals surface area contributed by atoms with Crippen LogP contribution in [0.25, 0.3) is 6.08 Å². The van der Waals surface area contributed by atoms with Crippen LogP contribution >= 0.6 is 11.6 Å². The lowest BCUT2D eigenvalue weighted by atomic mass is 10.1. The van der Waals surface area contributed by atoms with E-state index in [4.69, 9.17) is 30.5 Å². The van der Waals surface area contributed by atoms with E-state index in [0.717, 1.165) is 6.42 Å². The lowest BCUT2D eigenvalue weighted by molar-refractivity contribution is -0.137. The van der Waals surface area contributed by atoms with Crippen LogP contribution in [0.3, 0.4) is 0 Å². The standard InChI is InChI=1S/C25H30ClF3N2O7S/c1-4-5-6-12-39(33,34)31-23(32)22(36-3)13-17-8-9-19(37-11-7-10-35-2)15-21(17)38-24-20(26)14-18(16-30-24)25(27,28)29/h8-9,13-16H,4-7,10-12H2,1-3H3,(H,31,32)/b22-13-. The minimum Gasteiger partial charge on any atom is -0.493 e. The van der Waals surface area contributed by atoms with E-state index in [2.05, 4.69) is 4.98 Å². The van der Waals surface area contributed by atoms with Crippen molar-refractivity contribution in [3.05, 3.63) is 52.4 Å². The van der Waals surface area contributed by atoms with Crippen molar-refractivity contribution in [3.63, 3.8) is 0 Å². The topological polar surface area (TPSA) is 113 Å². The highest BCUT2D eigenvalue weighted by molar-refractivity contribution is 7.90. The fourth-order valence-electron chi connectivity index (χ4n) is 3.11. The van der Waals surface area contributed by atoms with E-state index in [9.17, 15) is 26.4 Å². The number of alkyl halides is 3. The second-order valence-corrected chi connectivity index (χ2v) is 10.4. The highest BCUT2D eigenvalue weighted by Gasteiger charge is 2.32. The Kier molecular flexibility index (Phi) is 12.3. The Morgan fingerprint density at radius 1 is 1.13 bits per heavy atom. The van der Waals surface area contributed by atoms with Gasteiger partial charge in [0.25, 0.3) is 5.91 Å². The van der Waals surface area contributed by atoms with Crippen molar-refractivity contribution in [1.29, 1.82) is 0 Å². The number of carbonyl (C=O) groups is 1. The lowest BCUT2D eigenvalue weighted by Gasteiger charge is -2.14. The number of nitrogens with one attached hydrogen (secondary N) is 1. The van der Waals surface area contributed by atoms with Crippen LogP contribution in [0.5, 0.6) is 17.4 Å². The summed E-state index contributed by atoms with van der Waals surface area (Å²) in [4.78, 5) is 16.3. The monoisotopic (exact) mass is 594 g/mol. The highest BCUT2D eigenvalue weighted by atomic mass is 35.5. The molecule has 1 aromatic heterocycles. The number of unbranched alkanes of at least 4 members (excludes halogenated alkanes) is 2. The van der Waals surface area contributed by atoms with Crippen LogP contribution in [-0.2, 0) is 30.5 Å². The molecule has 0 aliphatic rings. The molecule has 39 heavy (non-hydrogen) atoms. The fourth-order valence-corrected chi connectivity index (χ4v) is 4.38. The predicted molar refractivity (Wildman–Crippen MR) is 139 cm³/mol. The van der Waals surface area contributed by atoms with Gasteiger partial charge in [-0.1, -0.05) is 31.4 Å². The number of benzene rings is 1. The summed E-state index contributed by atoms with van der Waals surface area (Å²) in [7, 11) is -1.18. The lowest BCUT2D eigenvalue weighted by Crippen LogP contribution is -2.34. The molecule has 1 heterocycles. The molecule has 216 valence electrons. The first-order valence-corrected chi connectivity index (χ1v) is 13.9. The second-order valence-electron chi connectivity index (χ2n) is 8.18. The average molecular weight is 595 g/mol. The fraction of sp³-hybridized carbons (Fsp3) is 0.440. The van der Waals surface area contributed by atoms with Gasteiger partial charge in [-0.15, -0.1) is 0 Å². The number of sulfonamides is 1. The van der Waals surface area contributed by atoms with Crippen LogP contribution in [0.1, 0.15) is 43.7 Å². The molecular weight excluding hydrogens is 565 g/mol. The number of hydrogen-bond acceptors (Lipinski definition) is 8. The molecule has 0 aliphatic heterocycles. The number of halogens is 4. The third-order valence-electron chi connectivity index (χ3n) is 5.08. The van der Waals surface area contributed by atoms with Crippen molar-refractivity contribution < 1.29 is 45.3 Å². The molecule has 1 aromatic carbocycles. The summed E-state index contributed by atoms with van der Waals surface area (Å²) in [6.07, 6.45) is -0.422. The first-order chi connectivity index (χ1) is 18.4. The number of pyridine rings is 1. The molecule has 0 saturated heterocycles. The first kappa shape index (κ1) is 32.2. The van der Waals surface area contributed by atoms with Gasteiger partial charge < -0.3 is 18.9 Å². The molecule has 0 bridgehead atoms. The minimum atomic E-state index is -4.66. The molecule has 0 aliphatic carbocycles. The third-order valence-corrected chi connectivity index (χ3v) is 6.68. The molecule has 0 atom stereocenters. The predicted octanol–water partition coefficient (Wildman–Crippen LogP) is 5.58. The Balaban J connectivity index is 2.40. The quantitative estimate of drug-likeness (QED) is 0.161. The summed E-state index contributed by atoms with van der Waals surface area (Å²) < 4.78 is 87.0. The SMILES string of the molecule is CCCCCS(=O)(=O)NC(=O)/C(=C/c1ccc(OCCCOC)cc1Oc1ncc(C(F)(F)F)cc1Cl)OC. The van der Waals surface area contributed by atoms with E-state index >= 15 is 0 Å². The Hall–Kier alpha value is -3.03. The average Bonchev–Trinajstić information content (AvgIpc) is 2.86. The number of rotatable bonds is 15. The van der Waals surface area contributed by atoms with E-state index in [1.165, 1.54) is 25.3 Å². The van der Waals surface area contributed by atoms with E-state index in [1.807, 2.05) is 11.6 Å². The van der Waals surface area contributed by atoms with Gasteiger partial charge in [-0.3, -0.25) is 4.79 Å². The molecule has 1 N–H and O–H groups in total. The van der Waals surface area contributed by atoms with Gasteiger partial charge in [0.1, 0.15) is 16.5 Å². The van der Waals surface area contributed by atoms with Crippen molar-refractivity contribution >= 4 is 33.6 Å². The summed E-state index contributed by atoms with van der Waals surface area (Å²) in [6.45, 7) is 2.67. The van der Waals surface area contributed by atoms with Gasteiger partial charge in [0.05, 0.1) is 25.0 Å². The van der Waals surface area contributed by atoms with Crippen molar-refractivity contribution in [3.8, 4) is 17.4 Å². The van der Waals surface area contributed by atoms with E-state index in [-0.39, 0.29) is 28.7 Å². The van der Waals surface area contributed by atoms with Gasteiger partial charge in [0.2, 0.25) is 15.9 Å². The first-order valence-electron chi connectivity index (χ1n) is 11.9. The Morgan fingerprint density at radius 2 is 1.87 bits per heavy atom. The largest absolute Gasteiger partial charge is 0.493 e. The Labute approximate surface area is 230 Å². The molecule has 0 radical (unpaired) electrons. The summed E-state index contributed by atoms with van der Waals surface area (Å²) in [6, 6.07) is 5.13. The van der Waals surface area contributed by atoms with Crippen LogP contribution in [0.4, 0.5) is 13.2 Å². The maximum atomic E-state index is 13.0. The number of methoxy groups -OCH3 is 2. The Bertz CT molecular complexity index is 1250. The molecule has 14 heteroatoms. The van der Waals surface area contributed by atoms with Gasteiger partial charge in [-0.05, 0) is 30.7 Å². The number of carbonyl (C=O) groups excluding carboxylic acids is 1. The molecule has 0 saturated carbocycles. The van der Waals surface area contributed by atoms with Crippen molar-refractivity contribution in [2.24, 2.45) is 0 Å². The number of ether oxygens (including phenoxy) is 4. The molecule has 2 aromatic rings. The van der Waals surface area contributed by atoms with Crippen LogP contribution < -0.4 is 14.2 Å². The normalized spacial score (nSPS) is 12.2. The van der Waals surface area contributed by atoms with Gasteiger partial charge in [0, 0.05) is 38.0 Å². The molecular formula is C25H30ClF3N2O7S. The highest BCUT2D eigenvalue weighted by Crippen LogP contribution is 2.37. The van der Waals surface area contributed by atoms with E-state index < -0.39 is 32.7 Å². The molecule has 1 amide bonds. The zero-order chi connectivity index (χ0) is 29.1. The number of aromatic nitrogens is 1. The van der Waals surface area contributed by atoms with Crippen LogP contribution in [0.2, 0.25) is 5.02 Å². The van der Waals surface area contributed by atoms with Gasteiger partial charge in [0.15, 0.2) is 5.76 Å². The van der Waals surface area contributed by atoms with Gasteiger partial charge in [-0.25, -0.2) is 18.1 Å². The van der Waals surface area contributed by atoms with Gasteiger partial charge in [-0.2, -0.15) is 13.2 Å². The maximum Gasteiger partial charge on any atom is 0.417 e. The summed E-state index contributed by atoms with van der Waals surface area (Å²) >= 11 is 6.00. The summed E-state index contributed by atoms with van der Waals surface area (Å²) in [5, 5.41) is -0.408. The molecule has 0 fully saturated rings. The minimum absolute atomic E-state index is 0.00144. The maximum absolute atomic E-state index is 13.0. The molecule has 9 nitrogen and oxygen atoms in total. The number of amides is 1. The number of nitrogens with zero attached hydrogens (tertiary/aromatic N) is 1. The number of hydrogen-bond donors (Lipinski definition) is 1. The molecule has 2 rings (SSSR count). The van der Waals surface area contributed by atoms with Crippen molar-refractivity contribution in [1.82, 2.24) is 9.71 Å². The van der Waals surface area contributed by atoms with E-state index in [1.54, 1.807) is 13.2 Å². The van der Waals surface area contributed by atoms with Crippen LogP contribution in [0, 0.1) is 0 Å². The van der Waals surface area contributed by atoms with Crippen LogP contribution in [-0.4, -0.2) is 52.5 Å². The molecule has 0 spiro atoms. The summed E-state index contributed by atoms with van der Waals surface area (Å²) in [5.74, 6) is -1.60. The van der Waals surface area contributed by atoms with Gasteiger partial charge >= 0.3 is 6.18 Å². The zero-order valence-corrected chi connectivity index (χ0v) is 23.2. The smallest absolute Gasteiger partial charge is 0.417 e. The van der Waals surface area contributed by atoms with Crippen LogP contribution in [0.15, 0.2) is 36.2 Å².